The third-order valence-electron chi connectivity index (χ3n) is 4.20. The van der Waals surface area contributed by atoms with E-state index < -0.39 is 9.84 Å². The van der Waals surface area contributed by atoms with Crippen LogP contribution in [0.25, 0.3) is 10.9 Å². The molecular formula is C16H18BrN3O4S. The smallest absolute Gasteiger partial charge is 0.260 e. The first-order valence-corrected chi connectivity index (χ1v) is 10.5. The Morgan fingerprint density at radius 2 is 2.20 bits per heavy atom. The minimum atomic E-state index is -3.05. The van der Waals surface area contributed by atoms with Crippen LogP contribution in [0, 0.1) is 0 Å². The Bertz CT molecular complexity index is 903. The Morgan fingerprint density at radius 1 is 1.40 bits per heavy atom. The number of rotatable bonds is 5. The zero-order valence-corrected chi connectivity index (χ0v) is 16.1. The number of fused-ring (bicyclic) bond motifs is 1. The summed E-state index contributed by atoms with van der Waals surface area (Å²) in [6.45, 7) is 2.08. The van der Waals surface area contributed by atoms with E-state index >= 15 is 0 Å². The summed E-state index contributed by atoms with van der Waals surface area (Å²) in [5.41, 5.74) is 0.717. The molecule has 1 aliphatic heterocycles. The summed E-state index contributed by atoms with van der Waals surface area (Å²) in [5, 5.41) is 0.705. The van der Waals surface area contributed by atoms with E-state index in [4.69, 9.17) is 4.74 Å². The summed E-state index contributed by atoms with van der Waals surface area (Å²) in [6, 6.07) is 5.25. The van der Waals surface area contributed by atoms with Crippen LogP contribution in [0.2, 0.25) is 0 Å². The van der Waals surface area contributed by atoms with Gasteiger partial charge in [0.15, 0.2) is 16.4 Å². The summed E-state index contributed by atoms with van der Waals surface area (Å²) in [4.78, 5) is 22.3. The molecular weight excluding hydrogens is 410 g/mol. The molecule has 0 bridgehead atoms. The van der Waals surface area contributed by atoms with Crippen LogP contribution >= 0.6 is 15.9 Å². The topological polar surface area (TPSA) is 89.5 Å². The van der Waals surface area contributed by atoms with Crippen molar-refractivity contribution in [2.24, 2.45) is 0 Å². The van der Waals surface area contributed by atoms with Crippen molar-refractivity contribution in [3.8, 4) is 5.88 Å². The molecule has 1 aromatic heterocycles. The van der Waals surface area contributed by atoms with Crippen molar-refractivity contribution < 1.29 is 17.9 Å². The second-order valence-electron chi connectivity index (χ2n) is 5.87. The van der Waals surface area contributed by atoms with Crippen LogP contribution in [-0.2, 0) is 14.6 Å². The van der Waals surface area contributed by atoms with Gasteiger partial charge in [-0.1, -0.05) is 15.9 Å². The van der Waals surface area contributed by atoms with Gasteiger partial charge in [0.25, 0.3) is 5.91 Å². The predicted molar refractivity (Wildman–Crippen MR) is 97.2 cm³/mol. The molecule has 134 valence electrons. The number of sulfone groups is 1. The average molecular weight is 428 g/mol. The van der Waals surface area contributed by atoms with E-state index in [9.17, 15) is 13.2 Å². The van der Waals surface area contributed by atoms with Gasteiger partial charge in [-0.3, -0.25) is 4.79 Å². The van der Waals surface area contributed by atoms with Crippen LogP contribution in [-0.4, -0.2) is 59.9 Å². The number of hydrogen-bond donors (Lipinski definition) is 0. The van der Waals surface area contributed by atoms with Crippen molar-refractivity contribution in [2.75, 3.05) is 24.7 Å². The molecule has 1 fully saturated rings. The van der Waals surface area contributed by atoms with E-state index in [2.05, 4.69) is 25.9 Å². The largest absolute Gasteiger partial charge is 0.467 e. The number of nitrogens with zero attached hydrogens (tertiary/aromatic N) is 3. The number of hydrogen-bond acceptors (Lipinski definition) is 6. The number of ether oxygens (including phenoxy) is 1. The number of likely N-dealkylation sites (N-methyl/N-ethyl adjacent to an activating group) is 1. The quantitative estimate of drug-likeness (QED) is 0.722. The Labute approximate surface area is 154 Å². The van der Waals surface area contributed by atoms with E-state index in [0.29, 0.717) is 24.2 Å². The first-order chi connectivity index (χ1) is 11.9. The third kappa shape index (κ3) is 4.09. The summed E-state index contributed by atoms with van der Waals surface area (Å²) < 4.78 is 29.8. The lowest BCUT2D eigenvalue weighted by Crippen LogP contribution is -2.43. The van der Waals surface area contributed by atoms with Crippen molar-refractivity contribution in [3.05, 3.63) is 29.0 Å². The lowest BCUT2D eigenvalue weighted by atomic mass is 10.2. The minimum absolute atomic E-state index is 0.0238. The fourth-order valence-electron chi connectivity index (χ4n) is 2.99. The molecule has 1 saturated heterocycles. The predicted octanol–water partition coefficient (Wildman–Crippen LogP) is 1.81. The molecule has 0 saturated carbocycles. The van der Waals surface area contributed by atoms with Crippen molar-refractivity contribution in [1.82, 2.24) is 14.9 Å². The van der Waals surface area contributed by atoms with Gasteiger partial charge < -0.3 is 9.64 Å². The SMILES string of the molecule is CCN(C(=O)COc1ncnc2ccc(Br)cc12)[C@H]1CCS(=O)(=O)C1. The zero-order valence-electron chi connectivity index (χ0n) is 13.7. The summed E-state index contributed by atoms with van der Waals surface area (Å²) in [5.74, 6) is 0.240. The number of carbonyl (C=O) groups is 1. The molecule has 0 spiro atoms. The fraction of sp³-hybridized carbons (Fsp3) is 0.438. The number of aromatic nitrogens is 2. The molecule has 0 radical (unpaired) electrons. The molecule has 7 nitrogen and oxygen atoms in total. The molecule has 2 aromatic rings. The molecule has 1 amide bonds. The Morgan fingerprint density at radius 3 is 2.88 bits per heavy atom. The van der Waals surface area contributed by atoms with Gasteiger partial charge in [0.1, 0.15) is 6.33 Å². The van der Waals surface area contributed by atoms with Gasteiger partial charge in [0.05, 0.1) is 22.4 Å². The monoisotopic (exact) mass is 427 g/mol. The Balaban J connectivity index is 1.72. The van der Waals surface area contributed by atoms with Gasteiger partial charge >= 0.3 is 0 Å². The van der Waals surface area contributed by atoms with Gasteiger partial charge in [-0.2, -0.15) is 0 Å². The van der Waals surface area contributed by atoms with Gasteiger partial charge in [0, 0.05) is 17.1 Å². The molecule has 1 aliphatic rings. The van der Waals surface area contributed by atoms with Gasteiger partial charge in [-0.15, -0.1) is 0 Å². The summed E-state index contributed by atoms with van der Waals surface area (Å²) >= 11 is 3.39. The maximum absolute atomic E-state index is 12.5. The normalized spacial score (nSPS) is 19.0. The van der Waals surface area contributed by atoms with Crippen molar-refractivity contribution in [2.45, 2.75) is 19.4 Å². The van der Waals surface area contributed by atoms with Crippen molar-refractivity contribution in [3.63, 3.8) is 0 Å². The maximum Gasteiger partial charge on any atom is 0.260 e. The molecule has 25 heavy (non-hydrogen) atoms. The lowest BCUT2D eigenvalue weighted by Gasteiger charge is -2.26. The van der Waals surface area contributed by atoms with Crippen molar-refractivity contribution >= 4 is 42.6 Å². The highest BCUT2D eigenvalue weighted by molar-refractivity contribution is 9.10. The van der Waals surface area contributed by atoms with Crippen LogP contribution in [0.5, 0.6) is 5.88 Å². The molecule has 1 aromatic carbocycles. The second kappa shape index (κ2) is 7.25. The highest BCUT2D eigenvalue weighted by atomic mass is 79.9. The van der Waals surface area contributed by atoms with Crippen molar-refractivity contribution in [1.29, 1.82) is 0 Å². The summed E-state index contributed by atoms with van der Waals surface area (Å²) in [7, 11) is -3.05. The number of halogens is 1. The van der Waals surface area contributed by atoms with Gasteiger partial charge in [-0.25, -0.2) is 18.4 Å². The minimum Gasteiger partial charge on any atom is -0.467 e. The van der Waals surface area contributed by atoms with Crippen LogP contribution in [0.4, 0.5) is 0 Å². The van der Waals surface area contributed by atoms with E-state index in [1.165, 1.54) is 6.33 Å². The Kier molecular flexibility index (Phi) is 5.24. The zero-order chi connectivity index (χ0) is 18.0. The maximum atomic E-state index is 12.5. The second-order valence-corrected chi connectivity index (χ2v) is 9.01. The first-order valence-electron chi connectivity index (χ1n) is 7.92. The molecule has 0 unspecified atom stereocenters. The Hall–Kier alpha value is -1.74. The number of benzene rings is 1. The van der Waals surface area contributed by atoms with Crippen LogP contribution in [0.1, 0.15) is 13.3 Å². The molecule has 0 N–H and O–H groups in total. The third-order valence-corrected chi connectivity index (χ3v) is 6.45. The molecule has 9 heteroatoms. The van der Waals surface area contributed by atoms with E-state index in [-0.39, 0.29) is 30.1 Å². The first kappa shape index (κ1) is 18.1. The van der Waals surface area contributed by atoms with Gasteiger partial charge in [-0.05, 0) is 31.5 Å². The van der Waals surface area contributed by atoms with Crippen LogP contribution < -0.4 is 4.74 Å². The molecule has 3 rings (SSSR count). The lowest BCUT2D eigenvalue weighted by molar-refractivity contribution is -0.135. The average Bonchev–Trinajstić information content (AvgIpc) is 2.93. The highest BCUT2D eigenvalue weighted by Gasteiger charge is 2.34. The molecule has 0 aliphatic carbocycles. The highest BCUT2D eigenvalue weighted by Crippen LogP contribution is 2.25. The standard InChI is InChI=1S/C16H18BrN3O4S/c1-2-20(12-5-6-25(22,23)9-12)15(21)8-24-16-13-7-11(17)3-4-14(13)18-10-19-16/h3-4,7,10,12H,2,5-6,8-9H2,1H3/t12-/m0/s1. The van der Waals surface area contributed by atoms with Gasteiger partial charge in [0.2, 0.25) is 5.88 Å². The van der Waals surface area contributed by atoms with Crippen LogP contribution in [0.3, 0.4) is 0 Å². The number of amides is 1. The van der Waals surface area contributed by atoms with E-state index in [1.54, 1.807) is 4.90 Å². The fourth-order valence-corrected chi connectivity index (χ4v) is 5.08. The number of carbonyl (C=O) groups excluding carboxylic acids is 1. The van der Waals surface area contributed by atoms with Crippen LogP contribution in [0.15, 0.2) is 29.0 Å². The van der Waals surface area contributed by atoms with E-state index in [0.717, 1.165) is 9.99 Å². The molecule has 2 heterocycles. The summed E-state index contributed by atoms with van der Waals surface area (Å²) in [6.07, 6.45) is 1.86. The molecule has 1 atom stereocenters. The van der Waals surface area contributed by atoms with E-state index in [1.807, 2.05) is 25.1 Å².